The molecule has 1 aromatic rings. The zero-order valence-electron chi connectivity index (χ0n) is 9.43. The summed E-state index contributed by atoms with van der Waals surface area (Å²) in [5, 5.41) is 0. The van der Waals surface area contributed by atoms with Crippen molar-refractivity contribution in [2.24, 2.45) is 0 Å². The fourth-order valence-corrected chi connectivity index (χ4v) is 1.99. The fourth-order valence-electron chi connectivity index (χ4n) is 1.77. The average molecular weight is 230 g/mol. The molecule has 0 aliphatic rings. The Kier molecular flexibility index (Phi) is 4.40. The Bertz CT molecular complexity index is 325. The van der Waals surface area contributed by atoms with Gasteiger partial charge in [0.15, 0.2) is 0 Å². The minimum Gasteiger partial charge on any atom is -0.367 e. The van der Waals surface area contributed by atoms with Gasteiger partial charge in [-0.2, -0.15) is 0 Å². The van der Waals surface area contributed by atoms with Crippen LogP contribution in [0.1, 0.15) is 26.3 Å². The zero-order chi connectivity index (χ0) is 11.4. The molecule has 3 heteroatoms. The van der Waals surface area contributed by atoms with Crippen LogP contribution in [-0.4, -0.2) is 12.6 Å². The molecule has 0 fully saturated rings. The van der Waals surface area contributed by atoms with E-state index in [1.54, 1.807) is 6.07 Å². The maximum Gasteiger partial charge on any atom is 0.146 e. The summed E-state index contributed by atoms with van der Waals surface area (Å²) < 4.78 is 13.7. The molecule has 1 nitrogen and oxygen atoms in total. The summed E-state index contributed by atoms with van der Waals surface area (Å²) in [5.74, 6) is 0.153. The number of hydrogen-bond donors (Lipinski definition) is 0. The van der Waals surface area contributed by atoms with Crippen molar-refractivity contribution < 1.29 is 4.39 Å². The first kappa shape index (κ1) is 12.3. The van der Waals surface area contributed by atoms with Crippen LogP contribution in [0.4, 0.5) is 10.1 Å². The summed E-state index contributed by atoms with van der Waals surface area (Å²) in [4.78, 5) is 2.02. The molecular formula is C12H17ClFN. The van der Waals surface area contributed by atoms with Crippen molar-refractivity contribution in [1.82, 2.24) is 0 Å². The number of rotatable bonds is 4. The maximum absolute atomic E-state index is 13.7. The Labute approximate surface area is 95.8 Å². The van der Waals surface area contributed by atoms with Crippen LogP contribution in [-0.2, 0) is 5.88 Å². The molecule has 15 heavy (non-hydrogen) atoms. The van der Waals surface area contributed by atoms with E-state index in [0.717, 1.165) is 12.1 Å². The number of nitrogens with zero attached hydrogens (tertiary/aromatic N) is 1. The van der Waals surface area contributed by atoms with Gasteiger partial charge in [-0.25, -0.2) is 4.39 Å². The number of benzene rings is 1. The van der Waals surface area contributed by atoms with Crippen LogP contribution >= 0.6 is 11.6 Å². The zero-order valence-corrected chi connectivity index (χ0v) is 10.2. The first-order chi connectivity index (χ1) is 7.11. The van der Waals surface area contributed by atoms with Gasteiger partial charge in [-0.05, 0) is 32.4 Å². The highest BCUT2D eigenvalue weighted by Crippen LogP contribution is 2.27. The van der Waals surface area contributed by atoms with Gasteiger partial charge < -0.3 is 4.90 Å². The highest BCUT2D eigenvalue weighted by molar-refractivity contribution is 6.17. The highest BCUT2D eigenvalue weighted by atomic mass is 35.5. The number of hydrogen-bond acceptors (Lipinski definition) is 1. The van der Waals surface area contributed by atoms with Gasteiger partial charge in [-0.3, -0.25) is 0 Å². The van der Waals surface area contributed by atoms with Gasteiger partial charge in [0, 0.05) is 18.5 Å². The third-order valence-corrected chi connectivity index (χ3v) is 2.75. The summed E-state index contributed by atoms with van der Waals surface area (Å²) in [5.41, 5.74) is 1.50. The molecule has 0 bridgehead atoms. The number of halogens is 2. The largest absolute Gasteiger partial charge is 0.367 e. The molecule has 0 unspecified atom stereocenters. The molecule has 0 saturated carbocycles. The molecule has 0 spiro atoms. The lowest BCUT2D eigenvalue weighted by atomic mass is 10.1. The minimum atomic E-state index is -0.191. The highest BCUT2D eigenvalue weighted by Gasteiger charge is 2.16. The average Bonchev–Trinajstić information content (AvgIpc) is 2.21. The molecule has 0 aliphatic heterocycles. The summed E-state index contributed by atoms with van der Waals surface area (Å²) >= 11 is 5.82. The Morgan fingerprint density at radius 2 is 2.07 bits per heavy atom. The predicted octanol–water partition coefficient (Wildman–Crippen LogP) is 3.80. The molecule has 0 heterocycles. The minimum absolute atomic E-state index is 0.191. The molecule has 0 atom stereocenters. The van der Waals surface area contributed by atoms with E-state index in [1.165, 1.54) is 6.07 Å². The fraction of sp³-hybridized carbons (Fsp3) is 0.500. The third-order valence-electron chi connectivity index (χ3n) is 2.47. The monoisotopic (exact) mass is 229 g/mol. The quantitative estimate of drug-likeness (QED) is 0.710. The van der Waals surface area contributed by atoms with E-state index in [0.29, 0.717) is 11.6 Å². The van der Waals surface area contributed by atoms with Gasteiger partial charge in [0.2, 0.25) is 0 Å². The van der Waals surface area contributed by atoms with Gasteiger partial charge in [-0.1, -0.05) is 12.1 Å². The molecule has 0 N–H and O–H groups in total. The van der Waals surface area contributed by atoms with Crippen molar-refractivity contribution in [1.29, 1.82) is 0 Å². The topological polar surface area (TPSA) is 3.24 Å². The lowest BCUT2D eigenvalue weighted by Crippen LogP contribution is -2.32. The summed E-state index contributed by atoms with van der Waals surface area (Å²) in [6, 6.07) is 5.33. The molecule has 84 valence electrons. The van der Waals surface area contributed by atoms with Gasteiger partial charge >= 0.3 is 0 Å². The molecule has 0 amide bonds. The van der Waals surface area contributed by atoms with E-state index in [9.17, 15) is 4.39 Å². The molecule has 1 rings (SSSR count). The van der Waals surface area contributed by atoms with E-state index in [1.807, 2.05) is 31.7 Å². The summed E-state index contributed by atoms with van der Waals surface area (Å²) in [6.07, 6.45) is 0. The summed E-state index contributed by atoms with van der Waals surface area (Å²) in [6.45, 7) is 6.90. The number of para-hydroxylation sites is 1. The molecule has 1 aromatic carbocycles. The van der Waals surface area contributed by atoms with Crippen molar-refractivity contribution in [3.63, 3.8) is 0 Å². The third kappa shape index (κ3) is 2.63. The van der Waals surface area contributed by atoms with Crippen molar-refractivity contribution in [2.75, 3.05) is 11.4 Å². The molecule has 0 saturated heterocycles. The SMILES string of the molecule is CCN(c1c(F)cccc1CCl)C(C)C. The van der Waals surface area contributed by atoms with Crippen LogP contribution in [0.2, 0.25) is 0 Å². The first-order valence-corrected chi connectivity index (χ1v) is 5.75. The van der Waals surface area contributed by atoms with E-state index in [4.69, 9.17) is 11.6 Å². The number of anilines is 1. The summed E-state index contributed by atoms with van der Waals surface area (Å²) in [7, 11) is 0. The molecule has 0 aliphatic carbocycles. The van der Waals surface area contributed by atoms with Crippen LogP contribution in [0, 0.1) is 5.82 Å². The Hall–Kier alpha value is -0.760. The van der Waals surface area contributed by atoms with E-state index < -0.39 is 0 Å². The van der Waals surface area contributed by atoms with Crippen molar-refractivity contribution in [2.45, 2.75) is 32.7 Å². The van der Waals surface area contributed by atoms with Gasteiger partial charge in [0.25, 0.3) is 0 Å². The standard InChI is InChI=1S/C12H17ClFN/c1-4-15(9(2)3)12-10(8-13)6-5-7-11(12)14/h5-7,9H,4,8H2,1-3H3. The van der Waals surface area contributed by atoms with Gasteiger partial charge in [0.05, 0.1) is 5.69 Å². The Morgan fingerprint density at radius 1 is 1.40 bits per heavy atom. The van der Waals surface area contributed by atoms with Crippen LogP contribution in [0.3, 0.4) is 0 Å². The van der Waals surface area contributed by atoms with Crippen molar-refractivity contribution in [3.05, 3.63) is 29.6 Å². The molecular weight excluding hydrogens is 213 g/mol. The van der Waals surface area contributed by atoms with E-state index in [2.05, 4.69) is 0 Å². The van der Waals surface area contributed by atoms with E-state index in [-0.39, 0.29) is 11.9 Å². The van der Waals surface area contributed by atoms with Crippen molar-refractivity contribution in [3.8, 4) is 0 Å². The van der Waals surface area contributed by atoms with Crippen molar-refractivity contribution >= 4 is 17.3 Å². The maximum atomic E-state index is 13.7. The predicted molar refractivity (Wildman–Crippen MR) is 64.1 cm³/mol. The van der Waals surface area contributed by atoms with E-state index >= 15 is 0 Å². The van der Waals surface area contributed by atoms with Crippen LogP contribution in [0.15, 0.2) is 18.2 Å². The number of alkyl halides is 1. The Balaban J connectivity index is 3.20. The molecule has 0 aromatic heterocycles. The van der Waals surface area contributed by atoms with Gasteiger partial charge in [-0.15, -0.1) is 11.6 Å². The lowest BCUT2D eigenvalue weighted by Gasteiger charge is -2.29. The van der Waals surface area contributed by atoms with Gasteiger partial charge in [0.1, 0.15) is 5.82 Å². The second-order valence-electron chi connectivity index (χ2n) is 3.76. The Morgan fingerprint density at radius 3 is 2.53 bits per heavy atom. The van der Waals surface area contributed by atoms with Crippen LogP contribution < -0.4 is 4.90 Å². The van der Waals surface area contributed by atoms with Crippen LogP contribution in [0.25, 0.3) is 0 Å². The second kappa shape index (κ2) is 5.36. The normalized spacial score (nSPS) is 10.8. The smallest absolute Gasteiger partial charge is 0.146 e. The first-order valence-electron chi connectivity index (χ1n) is 5.21. The molecule has 0 radical (unpaired) electrons. The second-order valence-corrected chi connectivity index (χ2v) is 4.03. The van der Waals surface area contributed by atoms with Crippen LogP contribution in [0.5, 0.6) is 0 Å². The lowest BCUT2D eigenvalue weighted by molar-refractivity contribution is 0.602.